The lowest BCUT2D eigenvalue weighted by Gasteiger charge is -2.43. The summed E-state index contributed by atoms with van der Waals surface area (Å²) in [5.74, 6) is 3.28. The third-order valence-electron chi connectivity index (χ3n) is 13.3. The van der Waals surface area contributed by atoms with Gasteiger partial charge < -0.3 is 43.6 Å². The highest BCUT2D eigenvalue weighted by Gasteiger charge is 2.44. The van der Waals surface area contributed by atoms with E-state index in [1.165, 1.54) is 6.33 Å². The number of nitrogens with one attached hydrogen (secondary N) is 2. The fourth-order valence-corrected chi connectivity index (χ4v) is 9.67. The van der Waals surface area contributed by atoms with Gasteiger partial charge in [0.2, 0.25) is 18.6 Å². The van der Waals surface area contributed by atoms with Crippen LogP contribution in [-0.2, 0) is 16.0 Å². The van der Waals surface area contributed by atoms with Gasteiger partial charge in [0, 0.05) is 49.3 Å². The van der Waals surface area contributed by atoms with E-state index in [0.29, 0.717) is 95.2 Å². The number of aromatic nitrogens is 4. The molecule has 3 fully saturated rings. The number of hydrogen-bond donors (Lipinski definition) is 2. The summed E-state index contributed by atoms with van der Waals surface area (Å²) in [6, 6.07) is 11.9. The Morgan fingerprint density at radius 1 is 0.908 bits per heavy atom. The summed E-state index contributed by atoms with van der Waals surface area (Å²) >= 11 is 0. The van der Waals surface area contributed by atoms with Gasteiger partial charge in [0.25, 0.3) is 0 Å². The van der Waals surface area contributed by atoms with E-state index in [9.17, 15) is 14.4 Å². The van der Waals surface area contributed by atoms with Crippen molar-refractivity contribution in [3.63, 3.8) is 0 Å². The normalized spacial score (nSPS) is 19.9. The molecule has 0 unspecified atom stereocenters. The summed E-state index contributed by atoms with van der Waals surface area (Å²) in [6.07, 6.45) is 11.1. The molecule has 3 amide bonds. The highest BCUT2D eigenvalue weighted by Crippen LogP contribution is 2.49. The highest BCUT2D eigenvalue weighted by molar-refractivity contribution is 6.07. The van der Waals surface area contributed by atoms with Gasteiger partial charge in [-0.25, -0.2) is 19.8 Å². The van der Waals surface area contributed by atoms with E-state index in [0.717, 1.165) is 55.4 Å². The molecule has 2 aliphatic carbocycles. The Hall–Kier alpha value is -6.91. The topological polar surface area (TPSA) is 192 Å². The van der Waals surface area contributed by atoms with E-state index >= 15 is 0 Å². The zero-order chi connectivity index (χ0) is 44.6. The second-order valence-electron chi connectivity index (χ2n) is 17.4. The van der Waals surface area contributed by atoms with Gasteiger partial charge in [-0.15, -0.1) is 0 Å². The maximum atomic E-state index is 14.5. The molecule has 10 rings (SSSR count). The number of aromatic amines is 1. The third kappa shape index (κ3) is 8.35. The van der Waals surface area contributed by atoms with Crippen molar-refractivity contribution in [3.05, 3.63) is 78.0 Å². The summed E-state index contributed by atoms with van der Waals surface area (Å²) in [6.45, 7) is 3.16. The molecular formula is C48H52N8O9. The lowest BCUT2D eigenvalue weighted by molar-refractivity contribution is -0.143. The quantitative estimate of drug-likeness (QED) is 0.129. The number of nitrogens with zero attached hydrogens (tertiary/aromatic N) is 6. The number of methoxy groups -OCH3 is 2. The first-order valence-electron chi connectivity index (χ1n) is 22.5. The molecule has 2 N–H and O–H groups in total. The average molecular weight is 885 g/mol. The minimum absolute atomic E-state index is 0.0211. The number of H-pyrrole nitrogens is 1. The zero-order valence-electron chi connectivity index (χ0n) is 36.7. The van der Waals surface area contributed by atoms with Gasteiger partial charge in [-0.05, 0) is 99.4 Å². The van der Waals surface area contributed by atoms with Crippen molar-refractivity contribution in [2.24, 2.45) is 22.9 Å². The predicted octanol–water partition coefficient (Wildman–Crippen LogP) is 6.61. The van der Waals surface area contributed by atoms with Crippen LogP contribution in [0.15, 0.2) is 66.3 Å². The van der Waals surface area contributed by atoms with Crippen molar-refractivity contribution in [2.75, 3.05) is 40.7 Å². The molecule has 17 heteroatoms. The van der Waals surface area contributed by atoms with Crippen LogP contribution >= 0.6 is 0 Å². The van der Waals surface area contributed by atoms with E-state index < -0.39 is 12.1 Å². The van der Waals surface area contributed by atoms with Crippen LogP contribution in [0, 0.1) is 24.7 Å². The Morgan fingerprint density at radius 2 is 1.68 bits per heavy atom. The van der Waals surface area contributed by atoms with Gasteiger partial charge in [0.1, 0.15) is 29.3 Å². The van der Waals surface area contributed by atoms with Crippen molar-refractivity contribution in [2.45, 2.75) is 76.8 Å². The second-order valence-corrected chi connectivity index (χ2v) is 17.4. The smallest absolute Gasteiger partial charge is 0.413 e. The maximum Gasteiger partial charge on any atom is 0.413 e. The van der Waals surface area contributed by atoms with Gasteiger partial charge in [0.05, 0.1) is 49.4 Å². The largest absolute Gasteiger partial charge is 0.493 e. The Balaban J connectivity index is 0.869. The fourth-order valence-electron chi connectivity index (χ4n) is 9.67. The number of rotatable bonds is 13. The number of aryl methyl sites for hydroxylation is 1. The molecule has 0 spiro atoms. The second kappa shape index (κ2) is 17.9. The molecule has 0 radical (unpaired) electrons. The number of benzene rings is 2. The number of hydrogen-bond acceptors (Lipinski definition) is 13. The van der Waals surface area contributed by atoms with Crippen LogP contribution in [-0.4, -0.2) is 106 Å². The molecule has 0 bridgehead atoms. The first-order valence-corrected chi connectivity index (χ1v) is 22.5. The molecule has 3 aromatic heterocycles. The van der Waals surface area contributed by atoms with Crippen molar-refractivity contribution in [1.82, 2.24) is 35.2 Å². The molecule has 65 heavy (non-hydrogen) atoms. The van der Waals surface area contributed by atoms with Crippen molar-refractivity contribution in [1.29, 1.82) is 0 Å². The number of piperidine rings is 1. The number of carbonyl (C=O) groups excluding carboxylic acids is 3. The van der Waals surface area contributed by atoms with Gasteiger partial charge >= 0.3 is 6.09 Å². The van der Waals surface area contributed by atoms with E-state index in [2.05, 4.69) is 25.3 Å². The van der Waals surface area contributed by atoms with E-state index in [1.807, 2.05) is 42.5 Å². The SMILES string of the molecule is COc1ccc(C2=NN(C3CCN(C(=O)[C@H](Cc4ccncc4)NC(=O)Oc4c(C)[nH]c5c(-c6c(OCC7CC7)ccc7c6OCO7)ncnc45)CC3)C(=O)[C@@H]3CCCC[C@H]23)cc1OC. The highest BCUT2D eigenvalue weighted by atomic mass is 16.7. The van der Waals surface area contributed by atoms with E-state index in [-0.39, 0.29) is 48.7 Å². The molecule has 338 valence electrons. The maximum absolute atomic E-state index is 14.5. The number of hydrazone groups is 1. The first-order chi connectivity index (χ1) is 31.8. The summed E-state index contributed by atoms with van der Waals surface area (Å²) in [5, 5.41) is 9.66. The Kier molecular flexibility index (Phi) is 11.6. The summed E-state index contributed by atoms with van der Waals surface area (Å²) in [7, 11) is 3.22. The van der Waals surface area contributed by atoms with Crippen LogP contribution in [0.4, 0.5) is 4.79 Å². The molecule has 1 saturated heterocycles. The molecule has 6 heterocycles. The number of amides is 3. The lowest BCUT2D eigenvalue weighted by Crippen LogP contribution is -2.56. The molecule has 5 aliphatic rings. The van der Waals surface area contributed by atoms with Crippen molar-refractivity contribution >= 4 is 34.7 Å². The minimum atomic E-state index is -0.971. The Labute approximate surface area is 375 Å². The summed E-state index contributed by atoms with van der Waals surface area (Å²) < 4.78 is 35.0. The molecule has 3 aliphatic heterocycles. The summed E-state index contributed by atoms with van der Waals surface area (Å²) in [5.41, 5.74) is 5.15. The summed E-state index contributed by atoms with van der Waals surface area (Å²) in [4.78, 5) is 60.9. The van der Waals surface area contributed by atoms with Crippen LogP contribution < -0.4 is 33.7 Å². The fraction of sp³-hybridized carbons (Fsp3) is 0.438. The van der Waals surface area contributed by atoms with Crippen LogP contribution in [0.2, 0.25) is 0 Å². The number of ether oxygens (including phenoxy) is 6. The Morgan fingerprint density at radius 3 is 2.45 bits per heavy atom. The van der Waals surface area contributed by atoms with Gasteiger partial charge in [-0.2, -0.15) is 5.10 Å². The zero-order valence-corrected chi connectivity index (χ0v) is 36.7. The standard InChI is InChI=1S/C48H52N8O9/c1-27-44(43-42(52-27)41(50-25-51-43)39-36(62-24-29-8-9-29)12-13-37-45(39)64-26-63-37)65-48(59)53-34(22-28-14-18-49-19-15-28)47(58)55-20-16-31(17-21-55)56-46(57)33-7-5-4-6-32(33)40(54-56)30-10-11-35(60-2)38(23-30)61-3/h10-15,18-19,23,25,29,31-34,52H,4-9,16-17,20-22,24,26H2,1-3H3,(H,53,59)/t32-,33+,34-/m0/s1. The van der Waals surface area contributed by atoms with E-state index in [4.69, 9.17) is 33.5 Å². The van der Waals surface area contributed by atoms with Crippen LogP contribution in [0.5, 0.6) is 34.5 Å². The molecule has 2 saturated carbocycles. The third-order valence-corrected chi connectivity index (χ3v) is 13.3. The number of fused-ring (bicyclic) bond motifs is 3. The van der Waals surface area contributed by atoms with Crippen molar-refractivity contribution < 1.29 is 42.8 Å². The molecule has 17 nitrogen and oxygen atoms in total. The van der Waals surface area contributed by atoms with Crippen LogP contribution in [0.1, 0.15) is 68.2 Å². The molecular weight excluding hydrogens is 833 g/mol. The van der Waals surface area contributed by atoms with Crippen molar-refractivity contribution in [3.8, 4) is 45.8 Å². The first kappa shape index (κ1) is 42.1. The lowest BCUT2D eigenvalue weighted by atomic mass is 9.73. The Bertz CT molecular complexity index is 2640. The number of likely N-dealkylation sites (tertiary alicyclic amines) is 1. The predicted molar refractivity (Wildman–Crippen MR) is 237 cm³/mol. The monoisotopic (exact) mass is 884 g/mol. The number of carbonyl (C=O) groups is 3. The minimum Gasteiger partial charge on any atom is -0.493 e. The molecule has 2 aromatic carbocycles. The number of pyridine rings is 1. The van der Waals surface area contributed by atoms with Crippen LogP contribution in [0.25, 0.3) is 22.3 Å². The average Bonchev–Trinajstić information content (AvgIpc) is 3.96. The molecule has 5 aromatic rings. The van der Waals surface area contributed by atoms with E-state index in [1.54, 1.807) is 43.4 Å². The molecule has 3 atom stereocenters. The van der Waals surface area contributed by atoms with Gasteiger partial charge in [-0.1, -0.05) is 12.8 Å². The van der Waals surface area contributed by atoms with Crippen LogP contribution in [0.3, 0.4) is 0 Å². The van der Waals surface area contributed by atoms with Gasteiger partial charge in [-0.3, -0.25) is 14.6 Å². The van der Waals surface area contributed by atoms with Gasteiger partial charge in [0.15, 0.2) is 28.7 Å².